The molecule has 0 bridgehead atoms. The zero-order valence-electron chi connectivity index (χ0n) is 66.9. The lowest BCUT2D eigenvalue weighted by atomic mass is 9.96. The fraction of sp³-hybridized carbons (Fsp3) is 0.514. The van der Waals surface area contributed by atoms with E-state index in [9.17, 15) is 68.6 Å². The highest BCUT2D eigenvalue weighted by Crippen LogP contribution is 2.50. The Balaban J connectivity index is 0.000000204. The number of aromatic nitrogens is 8. The number of nitrogens with zero attached hydrogens (tertiary/aromatic N) is 9. The molecule has 5 unspecified atom stereocenters. The molecule has 0 aliphatic carbocycles. The summed E-state index contributed by atoms with van der Waals surface area (Å²) in [5, 5.41) is 79.9. The van der Waals surface area contributed by atoms with Gasteiger partial charge < -0.3 is 72.1 Å². The van der Waals surface area contributed by atoms with Gasteiger partial charge in [-0.3, -0.25) is 60.4 Å². The minimum Gasteiger partial charge on any atom is -0.395 e. The normalized spacial score (nSPS) is 23.6. The molecule has 0 spiro atoms. The highest BCUT2D eigenvalue weighted by atomic mass is 32.2. The number of nitrogens with two attached hydrogens (primary N) is 3. The minimum atomic E-state index is -4.04. The van der Waals surface area contributed by atoms with Crippen molar-refractivity contribution in [3.63, 3.8) is 0 Å². The van der Waals surface area contributed by atoms with Crippen LogP contribution < -0.4 is 38.0 Å². The van der Waals surface area contributed by atoms with Crippen molar-refractivity contribution < 1.29 is 105 Å². The number of fused-ring (bicyclic) bond motifs is 2. The first-order valence-corrected chi connectivity index (χ1v) is 45.2. The maximum atomic E-state index is 13.7. The van der Waals surface area contributed by atoms with Crippen molar-refractivity contribution in [3.05, 3.63) is 162 Å². The van der Waals surface area contributed by atoms with Crippen LogP contribution in [0, 0.1) is 16.2 Å². The number of nitrogens with one attached hydrogen (secondary N) is 4. The van der Waals surface area contributed by atoms with Gasteiger partial charge in [0.05, 0.1) is 94.5 Å². The topological polar surface area (TPSA) is 564 Å². The van der Waals surface area contributed by atoms with Crippen LogP contribution >= 0.6 is 58.5 Å². The fourth-order valence-corrected chi connectivity index (χ4v) is 18.3. The van der Waals surface area contributed by atoms with Gasteiger partial charge in [-0.05, 0) is 91.0 Å². The zero-order chi connectivity index (χ0) is 86.7. The van der Waals surface area contributed by atoms with Crippen LogP contribution in [0.3, 0.4) is 0 Å². The Morgan fingerprint density at radius 2 is 1.01 bits per heavy atom. The van der Waals surface area contributed by atoms with E-state index in [1.807, 2.05) is 91.0 Å². The summed E-state index contributed by atoms with van der Waals surface area (Å²) in [6.07, 6.45) is 0.464. The van der Waals surface area contributed by atoms with Crippen molar-refractivity contribution in [2.45, 2.75) is 148 Å². The molecule has 652 valence electrons. The smallest absolute Gasteiger partial charge is 0.395 e. The highest BCUT2D eigenvalue weighted by Gasteiger charge is 2.56. The van der Waals surface area contributed by atoms with E-state index in [4.69, 9.17) is 58.6 Å². The summed E-state index contributed by atoms with van der Waals surface area (Å²) < 4.78 is 95.9. The number of aliphatic hydroxyl groups is 7. The first-order chi connectivity index (χ1) is 56.3. The lowest BCUT2D eigenvalue weighted by molar-refractivity contribution is -0.120. The van der Waals surface area contributed by atoms with Crippen LogP contribution in [0.25, 0.3) is 22.3 Å². The van der Waals surface area contributed by atoms with Crippen molar-refractivity contribution in [1.29, 1.82) is 0 Å². The number of amidine groups is 1. The SMILES string of the molecule is C=C1N=C(N)C=CN1[C@@H]1O[C@H](COP(=O)(NCc2ccccc2)OCCSC(=O)C(C)(C)CO)C(O)[C@]1(C)O.CC(C)(CO)C(=O)SCCOP(=O)(NCc1ccccc1)OC[C@H]1CC[C@@H](n2cnc3c(N)ncnc32)O1.CC(C)(CO)C(=O)SCCOP(=O)(NCc1ccccc1)OC[C@H]1O[C@@H](n2cnc3c(=O)[nH]c(N)nc32)[C@@](C)(O)C1O. The summed E-state index contributed by atoms with van der Waals surface area (Å²) >= 11 is 2.92. The molecule has 4 aromatic heterocycles. The predicted molar refractivity (Wildman–Crippen MR) is 446 cm³/mol. The Morgan fingerprint density at radius 1 is 0.588 bits per heavy atom. The average Bonchev–Trinajstić information content (AvgIpc) is 1.58. The first kappa shape index (κ1) is 95.7. The van der Waals surface area contributed by atoms with E-state index in [0.717, 1.165) is 52.0 Å². The van der Waals surface area contributed by atoms with Gasteiger partial charge >= 0.3 is 23.2 Å². The second-order valence-electron chi connectivity index (χ2n) is 30.1. The van der Waals surface area contributed by atoms with E-state index in [2.05, 4.69) is 56.7 Å². The molecule has 3 aromatic carbocycles. The molecule has 4 aliphatic rings. The number of rotatable bonds is 39. The number of benzene rings is 3. The van der Waals surface area contributed by atoms with E-state index in [1.54, 1.807) is 52.4 Å². The third-order valence-electron chi connectivity index (χ3n) is 19.0. The molecule has 3 fully saturated rings. The third-order valence-corrected chi connectivity index (χ3v) is 27.2. The number of H-pyrrole nitrogens is 1. The van der Waals surface area contributed by atoms with Crippen molar-refractivity contribution in [1.82, 2.24) is 59.2 Å². The third kappa shape index (κ3) is 25.8. The van der Waals surface area contributed by atoms with Gasteiger partial charge in [0, 0.05) is 43.1 Å². The van der Waals surface area contributed by atoms with Gasteiger partial charge in [-0.15, -0.1) is 0 Å². The summed E-state index contributed by atoms with van der Waals surface area (Å²) in [4.78, 5) is 77.4. The van der Waals surface area contributed by atoms with Gasteiger partial charge in [-0.2, -0.15) is 4.98 Å². The first-order valence-electron chi connectivity index (χ1n) is 37.6. The van der Waals surface area contributed by atoms with Crippen LogP contribution in [0.15, 0.2) is 144 Å². The van der Waals surface area contributed by atoms with Crippen LogP contribution in [0.5, 0.6) is 0 Å². The number of carbonyl (C=O) groups is 3. The molecule has 0 saturated carbocycles. The van der Waals surface area contributed by atoms with Crippen molar-refractivity contribution in [3.8, 4) is 0 Å². The molecular formula is C74H105N16O23P3S3. The molecule has 7 aromatic rings. The summed E-state index contributed by atoms with van der Waals surface area (Å²) in [5.74, 6) is 1.16. The van der Waals surface area contributed by atoms with E-state index in [-0.39, 0.29) is 146 Å². The monoisotopic (exact) mass is 1770 g/mol. The Hall–Kier alpha value is -7.10. The van der Waals surface area contributed by atoms with E-state index in [0.29, 0.717) is 29.8 Å². The number of carbonyl (C=O) groups excluding carboxylic acids is 3. The number of aromatic amines is 1. The molecule has 3 saturated heterocycles. The number of aliphatic hydroxyl groups excluding tert-OH is 5. The standard InChI is InChI=1S/C25H35N6O9PS.C25H37N4O8PS.C24H33N6O6PS/c1-24(2,13-32)22(35)42-10-9-38-41(37,28-11-15-7-5-4-6-8-15)39-12-16-18(33)25(3,36)21(40-16)31-14-27-17-19(31)29-23(26)30-20(17)34;1-17-28-20(26)10-11-29(17)22-25(4,33)21(31)19(37-22)15-36-38(34,27-14-18-8-6-5-7-9-18)35-12-13-39-23(32)24(2,3)16-30;1-24(2,14-31)23(32)38-11-10-34-37(33,29-12-17-6-4-3-5-7-17)35-13-18-8-9-19(36-18)30-16-28-20-21(25)26-15-27-22(20)30/h4-8,14,16,18,21,32-33,36H,9-13H2,1-3H3,(H,28,37)(H3,26,29,30,34);5-11,19,21-22,30-31,33H,1,12-16H2,2-4H3,(H2,26,28)(H,27,34);3-7,15-16,18-19,31H,8-14H2,1-2H3,(H,29,33)(H2,25,26,27)/t16-,18?,21-,25+,41?;19-,21?,22-,25+,38?;18-,19+,37?/m111/s1. The molecule has 11 rings (SSSR count). The number of imidazole rings is 2. The Morgan fingerprint density at radius 3 is 1.45 bits per heavy atom. The summed E-state index contributed by atoms with van der Waals surface area (Å²) in [6.45, 7) is 15.1. The predicted octanol–water partition coefficient (Wildman–Crippen LogP) is 5.91. The number of anilines is 2. The van der Waals surface area contributed by atoms with Crippen LogP contribution in [0.2, 0.25) is 0 Å². The largest absolute Gasteiger partial charge is 0.405 e. The van der Waals surface area contributed by atoms with Gasteiger partial charge in [0.25, 0.3) is 5.56 Å². The molecule has 45 heteroatoms. The Kier molecular flexibility index (Phi) is 34.0. The number of hydrogen-bond acceptors (Lipinski definition) is 36. The number of nitrogen functional groups attached to an aromatic ring is 2. The quantitative estimate of drug-likeness (QED) is 0.0157. The average molecular weight is 1780 g/mol. The van der Waals surface area contributed by atoms with Crippen LogP contribution in [0.4, 0.5) is 11.8 Å². The molecule has 39 nitrogen and oxygen atoms in total. The van der Waals surface area contributed by atoms with E-state index in [1.165, 1.54) is 48.2 Å². The van der Waals surface area contributed by atoms with Gasteiger partial charge in [-0.25, -0.2) is 53.9 Å². The van der Waals surface area contributed by atoms with Crippen LogP contribution in [0.1, 0.15) is 97.4 Å². The molecule has 8 heterocycles. The second-order valence-corrected chi connectivity index (χ2v) is 38.8. The summed E-state index contributed by atoms with van der Waals surface area (Å²) in [5.41, 5.74) is 13.9. The van der Waals surface area contributed by atoms with Gasteiger partial charge in [0.15, 0.2) is 50.4 Å². The maximum Gasteiger partial charge on any atom is 0.405 e. The molecule has 0 radical (unpaired) electrons. The van der Waals surface area contributed by atoms with E-state index >= 15 is 0 Å². The van der Waals surface area contributed by atoms with Gasteiger partial charge in [0.1, 0.15) is 65.3 Å². The van der Waals surface area contributed by atoms with Crippen molar-refractivity contribution in [2.24, 2.45) is 27.0 Å². The highest BCUT2D eigenvalue weighted by molar-refractivity contribution is 8.14. The molecule has 119 heavy (non-hydrogen) atoms. The minimum absolute atomic E-state index is 0.0211. The maximum absolute atomic E-state index is 13.7. The molecule has 17 N–H and O–H groups in total. The fourth-order valence-electron chi connectivity index (χ4n) is 11.6. The second kappa shape index (κ2) is 42.3. The van der Waals surface area contributed by atoms with Gasteiger partial charge in [0.2, 0.25) is 5.95 Å². The number of ether oxygens (including phenoxy) is 3. The Labute approximate surface area is 699 Å². The van der Waals surface area contributed by atoms with E-state index < -0.39 is 99.7 Å². The number of thioether (sulfide) groups is 3. The molecule has 13 atom stereocenters. The lowest BCUT2D eigenvalue weighted by Crippen LogP contribution is -2.51. The van der Waals surface area contributed by atoms with Crippen molar-refractivity contribution in [2.75, 3.05) is 88.2 Å². The van der Waals surface area contributed by atoms with Crippen LogP contribution in [-0.4, -0.2) is 226 Å². The number of hydrogen-bond donors (Lipinski definition) is 14. The Bertz CT molecular complexity index is 4840. The molecule has 4 aliphatic heterocycles. The zero-order valence-corrected chi connectivity index (χ0v) is 72.0. The molecular weight excluding hydrogens is 1670 g/mol. The van der Waals surface area contributed by atoms with Gasteiger partial charge in [-0.1, -0.05) is 133 Å². The van der Waals surface area contributed by atoms with Crippen molar-refractivity contribution >= 4 is 114 Å². The summed E-state index contributed by atoms with van der Waals surface area (Å²) in [6, 6.07) is 27.8. The number of aliphatic imine (C=N–C) groups is 1. The molecule has 0 amide bonds. The lowest BCUT2D eigenvalue weighted by Gasteiger charge is -2.35. The summed E-state index contributed by atoms with van der Waals surface area (Å²) in [7, 11) is -11.7. The van der Waals surface area contributed by atoms with Crippen LogP contribution in [-0.2, 0) is 89.1 Å².